The van der Waals surface area contributed by atoms with Crippen LogP contribution in [0.3, 0.4) is 0 Å². The van der Waals surface area contributed by atoms with Crippen LogP contribution in [0.5, 0.6) is 5.75 Å². The second-order valence-corrected chi connectivity index (χ2v) is 2.22. The van der Waals surface area contributed by atoms with Crippen molar-refractivity contribution in [2.45, 2.75) is 6.92 Å². The average Bonchev–Trinajstić information content (AvgIpc) is 2.05. The molecule has 0 aromatic heterocycles. The Morgan fingerprint density at radius 2 is 2.33 bits per heavy atom. The minimum absolute atomic E-state index is 0.262. The molecule has 1 rings (SSSR count). The van der Waals surface area contributed by atoms with Crippen LogP contribution in [0.15, 0.2) is 18.2 Å². The van der Waals surface area contributed by atoms with Crippen LogP contribution in [0.4, 0.5) is 10.1 Å². The van der Waals surface area contributed by atoms with Gasteiger partial charge in [0.1, 0.15) is 5.75 Å². The molecular formula is C8H11FN2O. The molecule has 0 spiro atoms. The van der Waals surface area contributed by atoms with Crippen LogP contribution in [-0.4, -0.2) is 6.61 Å². The van der Waals surface area contributed by atoms with E-state index in [1.165, 1.54) is 12.1 Å². The van der Waals surface area contributed by atoms with Gasteiger partial charge in [-0.1, -0.05) is 0 Å². The minimum atomic E-state index is -0.413. The van der Waals surface area contributed by atoms with Gasteiger partial charge in [-0.2, -0.15) is 0 Å². The fourth-order valence-electron chi connectivity index (χ4n) is 0.869. The van der Waals surface area contributed by atoms with Crippen LogP contribution in [0.25, 0.3) is 0 Å². The highest BCUT2D eigenvalue weighted by molar-refractivity contribution is 5.46. The molecular weight excluding hydrogens is 159 g/mol. The Hall–Kier alpha value is -1.29. The van der Waals surface area contributed by atoms with Gasteiger partial charge in [0.2, 0.25) is 0 Å². The standard InChI is InChI=1S/C8H11FN2O/c1-2-12-6-3-4-8(11-10)7(9)5-6/h3-5,11H,2,10H2,1H3. The van der Waals surface area contributed by atoms with E-state index >= 15 is 0 Å². The number of hydrogen-bond acceptors (Lipinski definition) is 3. The van der Waals surface area contributed by atoms with Gasteiger partial charge in [0.15, 0.2) is 5.82 Å². The van der Waals surface area contributed by atoms with Gasteiger partial charge in [0.25, 0.3) is 0 Å². The quantitative estimate of drug-likeness (QED) is 0.534. The van der Waals surface area contributed by atoms with Crippen LogP contribution in [0.2, 0.25) is 0 Å². The molecule has 0 fully saturated rings. The second-order valence-electron chi connectivity index (χ2n) is 2.22. The maximum Gasteiger partial charge on any atom is 0.151 e. The van der Waals surface area contributed by atoms with Crippen LogP contribution in [-0.2, 0) is 0 Å². The van der Waals surface area contributed by atoms with Gasteiger partial charge in [-0.3, -0.25) is 5.84 Å². The van der Waals surface area contributed by atoms with Crippen LogP contribution in [0.1, 0.15) is 6.92 Å². The lowest BCUT2D eigenvalue weighted by atomic mass is 10.3. The molecule has 0 radical (unpaired) electrons. The minimum Gasteiger partial charge on any atom is -0.494 e. The van der Waals surface area contributed by atoms with Gasteiger partial charge in [0, 0.05) is 6.07 Å². The van der Waals surface area contributed by atoms with E-state index in [2.05, 4.69) is 5.43 Å². The van der Waals surface area contributed by atoms with Gasteiger partial charge in [-0.15, -0.1) is 0 Å². The third kappa shape index (κ3) is 1.85. The summed E-state index contributed by atoms with van der Waals surface area (Å²) in [6, 6.07) is 4.47. The monoisotopic (exact) mass is 170 g/mol. The first-order chi connectivity index (χ1) is 5.77. The van der Waals surface area contributed by atoms with E-state index in [1.807, 2.05) is 6.92 Å². The molecule has 3 nitrogen and oxygen atoms in total. The molecule has 0 aliphatic carbocycles. The van der Waals surface area contributed by atoms with Crippen molar-refractivity contribution in [1.29, 1.82) is 0 Å². The number of nitrogens with two attached hydrogens (primary N) is 1. The number of halogens is 1. The normalized spacial score (nSPS) is 9.58. The smallest absolute Gasteiger partial charge is 0.151 e. The summed E-state index contributed by atoms with van der Waals surface area (Å²) in [5, 5.41) is 0. The number of hydrazine groups is 1. The fraction of sp³-hybridized carbons (Fsp3) is 0.250. The van der Waals surface area contributed by atoms with E-state index < -0.39 is 5.82 Å². The number of hydrogen-bond donors (Lipinski definition) is 2. The van der Waals surface area contributed by atoms with Crippen LogP contribution in [0, 0.1) is 5.82 Å². The van der Waals surface area contributed by atoms with Crippen molar-refractivity contribution in [3.63, 3.8) is 0 Å². The summed E-state index contributed by atoms with van der Waals surface area (Å²) in [4.78, 5) is 0. The lowest BCUT2D eigenvalue weighted by Gasteiger charge is -2.05. The molecule has 1 aromatic carbocycles. The highest BCUT2D eigenvalue weighted by atomic mass is 19.1. The third-order valence-electron chi connectivity index (χ3n) is 1.41. The summed E-state index contributed by atoms with van der Waals surface area (Å²) in [5.74, 6) is 5.14. The molecule has 66 valence electrons. The number of nitrogens with one attached hydrogen (secondary N) is 1. The molecule has 1 aromatic rings. The van der Waals surface area contributed by atoms with Crippen molar-refractivity contribution in [3.8, 4) is 5.75 Å². The molecule has 0 saturated carbocycles. The molecule has 0 aliphatic rings. The summed E-state index contributed by atoms with van der Waals surface area (Å²) < 4.78 is 18.0. The maximum atomic E-state index is 13.0. The molecule has 12 heavy (non-hydrogen) atoms. The zero-order valence-electron chi connectivity index (χ0n) is 6.80. The maximum absolute atomic E-state index is 13.0. The Morgan fingerprint density at radius 1 is 1.58 bits per heavy atom. The Morgan fingerprint density at radius 3 is 2.83 bits per heavy atom. The summed E-state index contributed by atoms with van der Waals surface area (Å²) >= 11 is 0. The van der Waals surface area contributed by atoms with Crippen molar-refractivity contribution in [2.75, 3.05) is 12.0 Å². The van der Waals surface area contributed by atoms with Crippen molar-refractivity contribution in [2.24, 2.45) is 5.84 Å². The van der Waals surface area contributed by atoms with Gasteiger partial charge in [-0.25, -0.2) is 4.39 Å². The van der Waals surface area contributed by atoms with Gasteiger partial charge >= 0.3 is 0 Å². The first-order valence-corrected chi connectivity index (χ1v) is 3.67. The molecule has 0 aliphatic heterocycles. The van der Waals surface area contributed by atoms with Crippen molar-refractivity contribution >= 4 is 5.69 Å². The highest BCUT2D eigenvalue weighted by Crippen LogP contribution is 2.19. The molecule has 4 heteroatoms. The number of rotatable bonds is 3. The summed E-state index contributed by atoms with van der Waals surface area (Å²) in [7, 11) is 0. The zero-order valence-corrected chi connectivity index (χ0v) is 6.80. The Balaban J connectivity index is 2.86. The highest BCUT2D eigenvalue weighted by Gasteiger charge is 2.01. The zero-order chi connectivity index (χ0) is 8.97. The molecule has 0 heterocycles. The first-order valence-electron chi connectivity index (χ1n) is 3.67. The van der Waals surface area contributed by atoms with Gasteiger partial charge < -0.3 is 10.2 Å². The molecule has 0 unspecified atom stereocenters. The SMILES string of the molecule is CCOc1ccc(NN)c(F)c1. The summed E-state index contributed by atoms with van der Waals surface area (Å²) in [5.41, 5.74) is 2.50. The molecule has 0 bridgehead atoms. The predicted molar refractivity (Wildman–Crippen MR) is 45.4 cm³/mol. The number of anilines is 1. The largest absolute Gasteiger partial charge is 0.494 e. The molecule has 0 atom stereocenters. The van der Waals surface area contributed by atoms with E-state index in [4.69, 9.17) is 10.6 Å². The molecule has 0 amide bonds. The second kappa shape index (κ2) is 3.92. The summed E-state index contributed by atoms with van der Waals surface area (Å²) in [6.07, 6.45) is 0. The van der Waals surface area contributed by atoms with Crippen LogP contribution < -0.4 is 16.0 Å². The first kappa shape index (κ1) is 8.80. The molecule has 3 N–H and O–H groups in total. The van der Waals surface area contributed by atoms with Crippen molar-refractivity contribution in [3.05, 3.63) is 24.0 Å². The van der Waals surface area contributed by atoms with Gasteiger partial charge in [0.05, 0.1) is 12.3 Å². The van der Waals surface area contributed by atoms with Crippen molar-refractivity contribution < 1.29 is 9.13 Å². The van der Waals surface area contributed by atoms with E-state index in [1.54, 1.807) is 6.07 Å². The number of ether oxygens (including phenoxy) is 1. The van der Waals surface area contributed by atoms with E-state index in [-0.39, 0.29) is 5.69 Å². The Bertz CT molecular complexity index is 265. The lowest BCUT2D eigenvalue weighted by molar-refractivity contribution is 0.338. The lowest BCUT2D eigenvalue weighted by Crippen LogP contribution is -2.08. The van der Waals surface area contributed by atoms with E-state index in [9.17, 15) is 4.39 Å². The topological polar surface area (TPSA) is 47.3 Å². The van der Waals surface area contributed by atoms with E-state index in [0.717, 1.165) is 0 Å². The Labute approximate surface area is 70.3 Å². The van der Waals surface area contributed by atoms with E-state index in [0.29, 0.717) is 12.4 Å². The summed E-state index contributed by atoms with van der Waals surface area (Å²) in [6.45, 7) is 2.36. The predicted octanol–water partition coefficient (Wildman–Crippen LogP) is 1.51. The fourth-order valence-corrected chi connectivity index (χ4v) is 0.869. The van der Waals surface area contributed by atoms with Crippen molar-refractivity contribution in [1.82, 2.24) is 0 Å². The third-order valence-corrected chi connectivity index (χ3v) is 1.41. The van der Waals surface area contributed by atoms with Gasteiger partial charge in [-0.05, 0) is 19.1 Å². The van der Waals surface area contributed by atoms with Crippen LogP contribution >= 0.6 is 0 Å². The molecule has 0 saturated heterocycles. The Kier molecular flexibility index (Phi) is 2.88. The number of benzene rings is 1. The average molecular weight is 170 g/mol. The number of nitrogen functional groups attached to an aromatic ring is 1.